The van der Waals surface area contributed by atoms with Gasteiger partial charge in [0.1, 0.15) is 0 Å². The minimum absolute atomic E-state index is 0.0476. The van der Waals surface area contributed by atoms with E-state index in [2.05, 4.69) is 31.3 Å². The molecule has 1 fully saturated rings. The van der Waals surface area contributed by atoms with E-state index in [1.807, 2.05) is 12.1 Å². The number of amides is 1. The second-order valence-corrected chi connectivity index (χ2v) is 6.60. The zero-order chi connectivity index (χ0) is 15.5. The fourth-order valence-electron chi connectivity index (χ4n) is 2.64. The van der Waals surface area contributed by atoms with Crippen molar-refractivity contribution in [1.82, 2.24) is 4.90 Å². The van der Waals surface area contributed by atoms with E-state index in [1.165, 1.54) is 0 Å². The first-order chi connectivity index (χ1) is 9.85. The van der Waals surface area contributed by atoms with Gasteiger partial charge in [-0.1, -0.05) is 12.1 Å². The van der Waals surface area contributed by atoms with Gasteiger partial charge in [0.25, 0.3) is 0 Å². The fourth-order valence-corrected chi connectivity index (χ4v) is 2.64. The van der Waals surface area contributed by atoms with Crippen LogP contribution in [-0.4, -0.2) is 43.2 Å². The van der Waals surface area contributed by atoms with Gasteiger partial charge in [0.15, 0.2) is 0 Å². The highest BCUT2D eigenvalue weighted by molar-refractivity contribution is 5.78. The normalized spacial score (nSPS) is 20.9. The van der Waals surface area contributed by atoms with E-state index >= 15 is 0 Å². The molecule has 0 spiro atoms. The molecule has 0 radical (unpaired) electrons. The Bertz CT molecular complexity index is 480. The molecule has 1 heterocycles. The highest BCUT2D eigenvalue weighted by atomic mass is 16.5. The summed E-state index contributed by atoms with van der Waals surface area (Å²) in [5.74, 6) is 0.127. The number of rotatable bonds is 4. The van der Waals surface area contributed by atoms with Gasteiger partial charge in [-0.15, -0.1) is 0 Å². The van der Waals surface area contributed by atoms with Gasteiger partial charge in [-0.25, -0.2) is 0 Å². The van der Waals surface area contributed by atoms with Gasteiger partial charge in [0.05, 0.1) is 12.0 Å². The van der Waals surface area contributed by atoms with Crippen molar-refractivity contribution in [2.75, 3.05) is 26.0 Å². The molecule has 21 heavy (non-hydrogen) atoms. The Kier molecular flexibility index (Phi) is 4.88. The van der Waals surface area contributed by atoms with E-state index in [9.17, 15) is 4.79 Å². The van der Waals surface area contributed by atoms with Crippen LogP contribution in [0.3, 0.4) is 0 Å². The second-order valence-electron chi connectivity index (χ2n) is 6.60. The lowest BCUT2D eigenvalue weighted by Crippen LogP contribution is -2.40. The van der Waals surface area contributed by atoms with Gasteiger partial charge in [-0.3, -0.25) is 4.79 Å². The number of hydrogen-bond donors (Lipinski definition) is 1. The molecular weight excluding hydrogens is 264 g/mol. The Morgan fingerprint density at radius 1 is 1.33 bits per heavy atom. The van der Waals surface area contributed by atoms with Crippen molar-refractivity contribution in [2.24, 2.45) is 0 Å². The highest BCUT2D eigenvalue weighted by Crippen LogP contribution is 2.26. The number of nitrogens with zero attached hydrogens (tertiary/aromatic N) is 1. The predicted molar refractivity (Wildman–Crippen MR) is 85.5 cm³/mol. The molecule has 1 atom stereocenters. The summed E-state index contributed by atoms with van der Waals surface area (Å²) in [6.07, 6.45) is 2.50. The van der Waals surface area contributed by atoms with Crippen molar-refractivity contribution < 1.29 is 9.53 Å². The lowest BCUT2D eigenvalue weighted by atomic mass is 9.94. The molecule has 1 N–H and O–H groups in total. The average Bonchev–Trinajstić information content (AvgIpc) is 2.39. The molecule has 0 bridgehead atoms. The Morgan fingerprint density at radius 3 is 2.57 bits per heavy atom. The monoisotopic (exact) mass is 290 g/mol. The molecule has 2 rings (SSSR count). The first-order valence-corrected chi connectivity index (χ1v) is 7.55. The van der Waals surface area contributed by atoms with Gasteiger partial charge >= 0.3 is 0 Å². The van der Waals surface area contributed by atoms with Gasteiger partial charge in [-0.2, -0.15) is 0 Å². The number of hydrogen-bond acceptors (Lipinski definition) is 3. The van der Waals surface area contributed by atoms with E-state index < -0.39 is 0 Å². The Morgan fingerprint density at radius 2 is 2.00 bits per heavy atom. The topological polar surface area (TPSA) is 41.6 Å². The molecule has 1 aromatic carbocycles. The molecule has 116 valence electrons. The molecule has 0 aliphatic carbocycles. The maximum atomic E-state index is 11.7. The van der Waals surface area contributed by atoms with Crippen LogP contribution < -0.4 is 5.32 Å². The summed E-state index contributed by atoms with van der Waals surface area (Å²) in [7, 11) is 3.57. The third kappa shape index (κ3) is 4.74. The molecule has 4 nitrogen and oxygen atoms in total. The van der Waals surface area contributed by atoms with Crippen LogP contribution in [0.4, 0.5) is 5.69 Å². The standard InChI is InChI=1S/C17H26N2O2/c1-17(2)12-15(9-10-21-17)18-14-7-5-13(6-8-14)11-16(20)19(3)4/h5-8,15,18H,9-12H2,1-4H3. The molecule has 0 aromatic heterocycles. The second kappa shape index (κ2) is 6.48. The van der Waals surface area contributed by atoms with Crippen LogP contribution in [0, 0.1) is 0 Å². The maximum Gasteiger partial charge on any atom is 0.226 e. The maximum absolute atomic E-state index is 11.7. The molecule has 1 aromatic rings. The summed E-state index contributed by atoms with van der Waals surface area (Å²) < 4.78 is 5.74. The molecule has 1 aliphatic rings. The molecule has 0 saturated carbocycles. The van der Waals surface area contributed by atoms with Crippen LogP contribution >= 0.6 is 0 Å². The first kappa shape index (κ1) is 15.8. The van der Waals surface area contributed by atoms with Gasteiger partial charge < -0.3 is 15.0 Å². The molecule has 4 heteroatoms. The first-order valence-electron chi connectivity index (χ1n) is 7.55. The quantitative estimate of drug-likeness (QED) is 0.927. The largest absolute Gasteiger partial charge is 0.382 e. The lowest BCUT2D eigenvalue weighted by molar-refractivity contribution is -0.127. The van der Waals surface area contributed by atoms with E-state index in [-0.39, 0.29) is 11.5 Å². The number of carbonyl (C=O) groups is 1. The summed E-state index contributed by atoms with van der Waals surface area (Å²) in [5.41, 5.74) is 2.11. The van der Waals surface area contributed by atoms with Crippen LogP contribution in [-0.2, 0) is 16.0 Å². The van der Waals surface area contributed by atoms with Crippen LogP contribution in [0.1, 0.15) is 32.3 Å². The SMILES string of the molecule is CN(C)C(=O)Cc1ccc(NC2CCOC(C)(C)C2)cc1. The van der Waals surface area contributed by atoms with Gasteiger partial charge in [0, 0.05) is 32.4 Å². The molecule has 1 unspecified atom stereocenters. The summed E-state index contributed by atoms with van der Waals surface area (Å²) in [6, 6.07) is 8.60. The summed E-state index contributed by atoms with van der Waals surface area (Å²) in [6.45, 7) is 5.08. The Hall–Kier alpha value is -1.55. The van der Waals surface area contributed by atoms with Gasteiger partial charge in [0.2, 0.25) is 5.91 Å². The van der Waals surface area contributed by atoms with E-state index in [0.29, 0.717) is 12.5 Å². The number of likely N-dealkylation sites (N-methyl/N-ethyl adjacent to an activating group) is 1. The fraction of sp³-hybridized carbons (Fsp3) is 0.588. The van der Waals surface area contributed by atoms with Crippen LogP contribution in [0.25, 0.3) is 0 Å². The number of benzene rings is 1. The van der Waals surface area contributed by atoms with Crippen LogP contribution in [0.5, 0.6) is 0 Å². The zero-order valence-electron chi connectivity index (χ0n) is 13.5. The minimum Gasteiger partial charge on any atom is -0.382 e. The van der Waals surface area contributed by atoms with Crippen LogP contribution in [0.2, 0.25) is 0 Å². The van der Waals surface area contributed by atoms with E-state index in [0.717, 1.165) is 30.7 Å². The lowest BCUT2D eigenvalue weighted by Gasteiger charge is -2.36. The molecule has 1 saturated heterocycles. The molecule has 1 amide bonds. The van der Waals surface area contributed by atoms with Crippen molar-refractivity contribution >= 4 is 11.6 Å². The van der Waals surface area contributed by atoms with E-state index in [4.69, 9.17) is 4.74 Å². The Balaban J connectivity index is 1.92. The van der Waals surface area contributed by atoms with E-state index in [1.54, 1.807) is 19.0 Å². The zero-order valence-corrected chi connectivity index (χ0v) is 13.5. The van der Waals surface area contributed by atoms with Crippen molar-refractivity contribution in [3.05, 3.63) is 29.8 Å². The molecular formula is C17H26N2O2. The summed E-state index contributed by atoms with van der Waals surface area (Å²) in [4.78, 5) is 13.3. The number of nitrogens with one attached hydrogen (secondary N) is 1. The molecule has 1 aliphatic heterocycles. The number of carbonyl (C=O) groups excluding carboxylic acids is 1. The summed E-state index contributed by atoms with van der Waals surface area (Å²) in [5, 5.41) is 3.56. The third-order valence-electron chi connectivity index (χ3n) is 3.88. The smallest absolute Gasteiger partial charge is 0.226 e. The van der Waals surface area contributed by atoms with Crippen molar-refractivity contribution in [1.29, 1.82) is 0 Å². The van der Waals surface area contributed by atoms with Gasteiger partial charge in [-0.05, 0) is 44.4 Å². The minimum atomic E-state index is -0.0476. The van der Waals surface area contributed by atoms with Crippen molar-refractivity contribution in [2.45, 2.75) is 44.8 Å². The predicted octanol–water partition coefficient (Wildman–Crippen LogP) is 2.69. The highest BCUT2D eigenvalue weighted by Gasteiger charge is 2.28. The Labute approximate surface area is 127 Å². The summed E-state index contributed by atoms with van der Waals surface area (Å²) >= 11 is 0. The average molecular weight is 290 g/mol. The van der Waals surface area contributed by atoms with Crippen molar-refractivity contribution in [3.63, 3.8) is 0 Å². The van der Waals surface area contributed by atoms with Crippen LogP contribution in [0.15, 0.2) is 24.3 Å². The number of ether oxygens (including phenoxy) is 1. The third-order valence-corrected chi connectivity index (χ3v) is 3.88. The number of anilines is 1. The van der Waals surface area contributed by atoms with Crippen molar-refractivity contribution in [3.8, 4) is 0 Å².